The van der Waals surface area contributed by atoms with Gasteiger partial charge in [0, 0.05) is 10.6 Å². The normalized spacial score (nSPS) is 16.2. The summed E-state index contributed by atoms with van der Waals surface area (Å²) >= 11 is 3.17. The number of aromatic nitrogens is 2. The minimum Gasteiger partial charge on any atom is -0.459 e. The molecule has 0 spiro atoms. The van der Waals surface area contributed by atoms with Crippen molar-refractivity contribution in [1.29, 1.82) is 0 Å². The molecule has 7 heteroatoms. The second-order valence-corrected chi connectivity index (χ2v) is 9.89. The summed E-state index contributed by atoms with van der Waals surface area (Å²) in [6.45, 7) is 5.93. The standard InChI is InChI=1S/C22H24N2O3S2/c1-12(2)27-21(26)15-7-5-14(6-8-15)11-28-22-23-19(25)18-16-9-4-13(3)10-17(16)29-20(18)24-22/h5-8,12-13H,4,9-11H2,1-3H3,(H,23,24,25). The molecule has 1 unspecified atom stereocenters. The lowest BCUT2D eigenvalue weighted by atomic mass is 9.89. The van der Waals surface area contributed by atoms with Crippen LogP contribution in [0, 0.1) is 5.92 Å². The molecule has 0 amide bonds. The van der Waals surface area contributed by atoms with Crippen molar-refractivity contribution in [3.05, 3.63) is 56.2 Å². The number of carbonyl (C=O) groups excluding carboxylic acids is 1. The van der Waals surface area contributed by atoms with E-state index in [2.05, 4.69) is 11.9 Å². The fourth-order valence-corrected chi connectivity index (χ4v) is 5.83. The average molecular weight is 429 g/mol. The summed E-state index contributed by atoms with van der Waals surface area (Å²) in [5.74, 6) is 1.02. The lowest BCUT2D eigenvalue weighted by Crippen LogP contribution is -2.13. The van der Waals surface area contributed by atoms with Crippen molar-refractivity contribution in [3.8, 4) is 0 Å². The van der Waals surface area contributed by atoms with Gasteiger partial charge in [-0.1, -0.05) is 30.8 Å². The maximum Gasteiger partial charge on any atom is 0.338 e. The van der Waals surface area contributed by atoms with Gasteiger partial charge in [0.1, 0.15) is 4.83 Å². The quantitative estimate of drug-likeness (QED) is 0.353. The van der Waals surface area contributed by atoms with E-state index in [1.807, 2.05) is 26.0 Å². The zero-order chi connectivity index (χ0) is 20.5. The number of H-pyrrole nitrogens is 1. The zero-order valence-electron chi connectivity index (χ0n) is 16.8. The van der Waals surface area contributed by atoms with Crippen molar-refractivity contribution < 1.29 is 9.53 Å². The number of rotatable bonds is 5. The van der Waals surface area contributed by atoms with E-state index in [4.69, 9.17) is 9.72 Å². The number of nitrogens with zero attached hydrogens (tertiary/aromatic N) is 1. The minimum absolute atomic E-state index is 0.0312. The summed E-state index contributed by atoms with van der Waals surface area (Å²) in [5, 5.41) is 1.42. The molecule has 1 atom stereocenters. The van der Waals surface area contributed by atoms with Gasteiger partial charge in [0.2, 0.25) is 0 Å². The van der Waals surface area contributed by atoms with Gasteiger partial charge >= 0.3 is 5.97 Å². The smallest absolute Gasteiger partial charge is 0.338 e. The predicted octanol–water partition coefficient (Wildman–Crippen LogP) is 4.97. The van der Waals surface area contributed by atoms with Gasteiger partial charge in [-0.25, -0.2) is 9.78 Å². The van der Waals surface area contributed by atoms with Gasteiger partial charge in [0.25, 0.3) is 5.56 Å². The summed E-state index contributed by atoms with van der Waals surface area (Å²) in [4.78, 5) is 34.4. The molecule has 2 aromatic heterocycles. The first-order valence-electron chi connectivity index (χ1n) is 9.88. The Morgan fingerprint density at radius 3 is 2.83 bits per heavy atom. The summed E-state index contributed by atoms with van der Waals surface area (Å²) in [7, 11) is 0. The highest BCUT2D eigenvalue weighted by atomic mass is 32.2. The van der Waals surface area contributed by atoms with Crippen LogP contribution < -0.4 is 5.56 Å². The van der Waals surface area contributed by atoms with Crippen molar-refractivity contribution in [1.82, 2.24) is 9.97 Å². The molecule has 0 saturated heterocycles. The minimum atomic E-state index is -0.313. The van der Waals surface area contributed by atoms with Crippen molar-refractivity contribution >= 4 is 39.3 Å². The number of nitrogens with one attached hydrogen (secondary N) is 1. The number of carbonyl (C=O) groups is 1. The first kappa shape index (κ1) is 20.2. The van der Waals surface area contributed by atoms with Gasteiger partial charge in [0.05, 0.1) is 17.1 Å². The fourth-order valence-electron chi connectivity index (χ4n) is 3.57. The van der Waals surface area contributed by atoms with E-state index in [1.165, 1.54) is 22.2 Å². The highest BCUT2D eigenvalue weighted by Crippen LogP contribution is 2.36. The van der Waals surface area contributed by atoms with Crippen LogP contribution in [0.5, 0.6) is 0 Å². The third-order valence-electron chi connectivity index (χ3n) is 5.05. The van der Waals surface area contributed by atoms with Gasteiger partial charge < -0.3 is 9.72 Å². The Labute approximate surface area is 177 Å². The van der Waals surface area contributed by atoms with Gasteiger partial charge in [-0.3, -0.25) is 4.79 Å². The first-order valence-corrected chi connectivity index (χ1v) is 11.7. The SMILES string of the molecule is CC1CCc2c(sc3nc(SCc4ccc(C(=O)OC(C)C)cc4)[nH]c(=O)c23)C1. The molecule has 1 N–H and O–H groups in total. The molecule has 0 radical (unpaired) electrons. The number of thiophene rings is 1. The van der Waals surface area contributed by atoms with E-state index in [0.29, 0.717) is 22.4 Å². The van der Waals surface area contributed by atoms with Crippen molar-refractivity contribution in [2.24, 2.45) is 5.92 Å². The molecular weight excluding hydrogens is 404 g/mol. The van der Waals surface area contributed by atoms with Crippen molar-refractivity contribution in [2.75, 3.05) is 0 Å². The van der Waals surface area contributed by atoms with Gasteiger partial charge in [-0.2, -0.15) is 0 Å². The molecule has 152 valence electrons. The van der Waals surface area contributed by atoms with E-state index in [9.17, 15) is 9.59 Å². The van der Waals surface area contributed by atoms with E-state index in [-0.39, 0.29) is 17.6 Å². The topological polar surface area (TPSA) is 72.0 Å². The summed E-state index contributed by atoms with van der Waals surface area (Å²) in [6, 6.07) is 7.36. The van der Waals surface area contributed by atoms with Crippen LogP contribution in [-0.2, 0) is 23.3 Å². The Morgan fingerprint density at radius 2 is 2.10 bits per heavy atom. The third kappa shape index (κ3) is 4.41. The molecule has 1 aliphatic carbocycles. The first-order chi connectivity index (χ1) is 13.9. The van der Waals surface area contributed by atoms with Gasteiger partial charge in [-0.15, -0.1) is 11.3 Å². The Balaban J connectivity index is 1.49. The van der Waals surface area contributed by atoms with Crippen LogP contribution >= 0.6 is 23.1 Å². The molecule has 0 bridgehead atoms. The molecule has 0 saturated carbocycles. The van der Waals surface area contributed by atoms with E-state index >= 15 is 0 Å². The molecular formula is C22H24N2O3S2. The lowest BCUT2D eigenvalue weighted by molar-refractivity contribution is 0.0378. The Bertz CT molecular complexity index is 1100. The number of esters is 1. The third-order valence-corrected chi connectivity index (χ3v) is 7.14. The second-order valence-electron chi connectivity index (χ2n) is 7.84. The summed E-state index contributed by atoms with van der Waals surface area (Å²) in [5.41, 5.74) is 2.77. The fraction of sp³-hybridized carbons (Fsp3) is 0.409. The number of benzene rings is 1. The predicted molar refractivity (Wildman–Crippen MR) is 118 cm³/mol. The Morgan fingerprint density at radius 1 is 1.34 bits per heavy atom. The van der Waals surface area contributed by atoms with E-state index < -0.39 is 0 Å². The number of ether oxygens (including phenoxy) is 1. The van der Waals surface area contributed by atoms with Crippen LogP contribution in [0.4, 0.5) is 0 Å². The lowest BCUT2D eigenvalue weighted by Gasteiger charge is -2.17. The summed E-state index contributed by atoms with van der Waals surface area (Å²) in [6.07, 6.45) is 3.01. The highest BCUT2D eigenvalue weighted by molar-refractivity contribution is 7.98. The second kappa shape index (κ2) is 8.32. The van der Waals surface area contributed by atoms with Crippen molar-refractivity contribution in [3.63, 3.8) is 0 Å². The molecule has 5 nitrogen and oxygen atoms in total. The van der Waals surface area contributed by atoms with Gasteiger partial charge in [-0.05, 0) is 62.3 Å². The number of thioether (sulfide) groups is 1. The monoisotopic (exact) mass is 428 g/mol. The van der Waals surface area contributed by atoms with Crippen LogP contribution in [0.3, 0.4) is 0 Å². The van der Waals surface area contributed by atoms with Gasteiger partial charge in [0.15, 0.2) is 5.16 Å². The summed E-state index contributed by atoms with van der Waals surface area (Å²) < 4.78 is 5.21. The molecule has 29 heavy (non-hydrogen) atoms. The Kier molecular flexibility index (Phi) is 5.79. The largest absolute Gasteiger partial charge is 0.459 e. The molecule has 0 fully saturated rings. The molecule has 1 aromatic carbocycles. The maximum atomic E-state index is 12.7. The van der Waals surface area contributed by atoms with Crippen LogP contribution in [0.1, 0.15) is 53.6 Å². The number of aryl methyl sites for hydroxylation is 1. The van der Waals surface area contributed by atoms with Crippen molar-refractivity contribution in [2.45, 2.75) is 57.0 Å². The number of aromatic amines is 1. The number of fused-ring (bicyclic) bond motifs is 3. The van der Waals surface area contributed by atoms with Crippen LogP contribution in [0.25, 0.3) is 10.2 Å². The molecule has 2 heterocycles. The molecule has 1 aliphatic rings. The average Bonchev–Trinajstić information content (AvgIpc) is 3.04. The zero-order valence-corrected chi connectivity index (χ0v) is 18.4. The van der Waals surface area contributed by atoms with Crippen LogP contribution in [0.15, 0.2) is 34.2 Å². The Hall–Kier alpha value is -2.12. The molecule has 0 aliphatic heterocycles. The van der Waals surface area contributed by atoms with Crippen LogP contribution in [-0.4, -0.2) is 22.0 Å². The van der Waals surface area contributed by atoms with E-state index in [0.717, 1.165) is 35.0 Å². The maximum absolute atomic E-state index is 12.7. The number of hydrogen-bond donors (Lipinski definition) is 1. The van der Waals surface area contributed by atoms with E-state index in [1.54, 1.807) is 23.5 Å². The number of hydrogen-bond acceptors (Lipinski definition) is 6. The molecule has 4 rings (SSSR count). The molecule has 3 aromatic rings. The van der Waals surface area contributed by atoms with Crippen LogP contribution in [0.2, 0.25) is 0 Å². The highest BCUT2D eigenvalue weighted by Gasteiger charge is 2.23.